The fourth-order valence-corrected chi connectivity index (χ4v) is 5.72. The standard InChI is InChI=1S/C33H52N5O8P/c1-4-6-7-8-9-10-11-12-13-14-15-16-17-18-19-20-21-22-29(39)34-23-24-36-47(43,44-5-2)45-25-28-30(40)31(41)32(46-28)38-26-35-27(3)37-33(38)42/h6-7,9-10,12-13,15-16,18-19,26,28,30-32,40-41H,4-5,8,11,14,17,20-25H2,1-3H3,(H,34,39)(H,36,43). The van der Waals surface area contributed by atoms with Crippen LogP contribution in [0.3, 0.4) is 0 Å². The SMILES string of the molecule is CCC=CCC=CCC=CCC=CCC=CCCCC(=O)NCCNP(=O)(OCC)OCC1OC(n2cnc(C)nc2=O)C(O)C1O. The number of aromatic nitrogens is 3. The normalized spacial score (nSPS) is 21.6. The van der Waals surface area contributed by atoms with E-state index in [0.717, 1.165) is 43.1 Å². The van der Waals surface area contributed by atoms with Crippen LogP contribution < -0.4 is 16.1 Å². The molecule has 47 heavy (non-hydrogen) atoms. The molecule has 13 nitrogen and oxygen atoms in total. The molecule has 2 heterocycles. The minimum atomic E-state index is -3.83. The molecule has 0 spiro atoms. The minimum absolute atomic E-state index is 0.0713. The topological polar surface area (TPSA) is 174 Å². The van der Waals surface area contributed by atoms with Crippen LogP contribution in [0.5, 0.6) is 0 Å². The zero-order chi connectivity index (χ0) is 34.3. The van der Waals surface area contributed by atoms with Gasteiger partial charge in [-0.05, 0) is 58.8 Å². The summed E-state index contributed by atoms with van der Waals surface area (Å²) in [6, 6.07) is 0. The Hall–Kier alpha value is -3.03. The molecule has 1 aromatic heterocycles. The average molecular weight is 678 g/mol. The van der Waals surface area contributed by atoms with Crippen molar-refractivity contribution in [3.63, 3.8) is 0 Å². The first-order valence-electron chi connectivity index (χ1n) is 16.3. The molecule has 1 amide bonds. The maximum Gasteiger partial charge on any atom is 0.405 e. The summed E-state index contributed by atoms with van der Waals surface area (Å²) in [7, 11) is -3.83. The van der Waals surface area contributed by atoms with Gasteiger partial charge in [0.1, 0.15) is 30.5 Å². The van der Waals surface area contributed by atoms with Gasteiger partial charge in [0.15, 0.2) is 6.23 Å². The van der Waals surface area contributed by atoms with Crippen molar-refractivity contribution in [1.82, 2.24) is 24.9 Å². The van der Waals surface area contributed by atoms with Gasteiger partial charge < -0.3 is 20.3 Å². The molecular formula is C33H52N5O8P. The van der Waals surface area contributed by atoms with Gasteiger partial charge in [0, 0.05) is 19.5 Å². The first-order valence-corrected chi connectivity index (χ1v) is 17.8. The zero-order valence-corrected chi connectivity index (χ0v) is 28.7. The lowest BCUT2D eigenvalue weighted by Crippen LogP contribution is -2.36. The summed E-state index contributed by atoms with van der Waals surface area (Å²) >= 11 is 0. The second-order valence-corrected chi connectivity index (χ2v) is 12.5. The molecular weight excluding hydrogens is 625 g/mol. The van der Waals surface area contributed by atoms with Crippen LogP contribution in [0.1, 0.15) is 77.3 Å². The molecule has 5 unspecified atom stereocenters. The van der Waals surface area contributed by atoms with Crippen LogP contribution in [-0.2, 0) is 23.1 Å². The molecule has 0 aromatic carbocycles. The Morgan fingerprint density at radius 3 is 2.17 bits per heavy atom. The third-order valence-electron chi connectivity index (χ3n) is 6.85. The summed E-state index contributed by atoms with van der Waals surface area (Å²) in [5.74, 6) is 0.129. The summed E-state index contributed by atoms with van der Waals surface area (Å²) < 4.78 is 30.4. The largest absolute Gasteiger partial charge is 0.405 e. The van der Waals surface area contributed by atoms with Crippen LogP contribution in [0.25, 0.3) is 0 Å². The van der Waals surface area contributed by atoms with E-state index in [1.165, 1.54) is 6.33 Å². The Bertz CT molecular complexity index is 1310. The molecule has 262 valence electrons. The van der Waals surface area contributed by atoms with Crippen molar-refractivity contribution in [2.24, 2.45) is 0 Å². The van der Waals surface area contributed by atoms with Gasteiger partial charge in [-0.15, -0.1) is 0 Å². The maximum absolute atomic E-state index is 13.1. The predicted molar refractivity (Wildman–Crippen MR) is 181 cm³/mol. The molecule has 1 aliphatic rings. The van der Waals surface area contributed by atoms with E-state index in [1.807, 2.05) is 0 Å². The van der Waals surface area contributed by atoms with Crippen LogP contribution in [0.15, 0.2) is 71.9 Å². The van der Waals surface area contributed by atoms with E-state index in [9.17, 15) is 24.4 Å². The minimum Gasteiger partial charge on any atom is -0.387 e. The monoisotopic (exact) mass is 677 g/mol. The summed E-state index contributed by atoms with van der Waals surface area (Å²) in [5, 5.41) is 26.3. The molecule has 0 radical (unpaired) electrons. The van der Waals surface area contributed by atoms with Crippen molar-refractivity contribution < 1.29 is 33.4 Å². The Morgan fingerprint density at radius 1 is 0.957 bits per heavy atom. The fourth-order valence-electron chi connectivity index (χ4n) is 4.39. The molecule has 14 heteroatoms. The summed E-state index contributed by atoms with van der Waals surface area (Å²) in [6.45, 7) is 5.29. The number of amides is 1. The van der Waals surface area contributed by atoms with Crippen molar-refractivity contribution in [3.05, 3.63) is 83.4 Å². The lowest BCUT2D eigenvalue weighted by molar-refractivity contribution is -0.121. The number of rotatable bonds is 23. The number of nitrogens with one attached hydrogen (secondary N) is 2. The number of unbranched alkanes of at least 4 members (excludes halogenated alkanes) is 1. The van der Waals surface area contributed by atoms with Crippen LogP contribution in [0.4, 0.5) is 0 Å². The van der Waals surface area contributed by atoms with Crippen molar-refractivity contribution in [2.75, 3.05) is 26.3 Å². The number of carbonyl (C=O) groups excluding carboxylic acids is 1. The second kappa shape index (κ2) is 23.3. The highest BCUT2D eigenvalue weighted by Crippen LogP contribution is 2.44. The van der Waals surface area contributed by atoms with Gasteiger partial charge in [0.25, 0.3) is 0 Å². The van der Waals surface area contributed by atoms with Crippen LogP contribution >= 0.6 is 7.75 Å². The smallest absolute Gasteiger partial charge is 0.387 e. The molecule has 1 fully saturated rings. The molecule has 1 aliphatic heterocycles. The van der Waals surface area contributed by atoms with Crippen molar-refractivity contribution >= 4 is 13.7 Å². The highest BCUT2D eigenvalue weighted by molar-refractivity contribution is 7.51. The summed E-state index contributed by atoms with van der Waals surface area (Å²) in [4.78, 5) is 32.0. The maximum atomic E-state index is 13.1. The molecule has 5 atom stereocenters. The zero-order valence-electron chi connectivity index (χ0n) is 27.8. The molecule has 0 aliphatic carbocycles. The number of hydrogen-bond donors (Lipinski definition) is 4. The fraction of sp³-hybridized carbons (Fsp3) is 0.576. The van der Waals surface area contributed by atoms with E-state index in [1.54, 1.807) is 13.8 Å². The number of aryl methyl sites for hydroxylation is 1. The van der Waals surface area contributed by atoms with E-state index in [-0.39, 0.29) is 31.4 Å². The first-order chi connectivity index (χ1) is 22.7. The molecule has 1 saturated heterocycles. The van der Waals surface area contributed by atoms with Gasteiger partial charge in [-0.1, -0.05) is 67.7 Å². The lowest BCUT2D eigenvalue weighted by Gasteiger charge is -2.21. The molecule has 0 bridgehead atoms. The number of allylic oxidation sites excluding steroid dienone is 10. The number of aliphatic hydroxyl groups is 2. The Kier molecular flexibility index (Phi) is 19.9. The quantitative estimate of drug-likeness (QED) is 0.0737. The van der Waals surface area contributed by atoms with E-state index < -0.39 is 44.6 Å². The van der Waals surface area contributed by atoms with Gasteiger partial charge >= 0.3 is 13.4 Å². The third-order valence-corrected chi connectivity index (χ3v) is 8.55. The van der Waals surface area contributed by atoms with E-state index >= 15 is 0 Å². The highest BCUT2D eigenvalue weighted by atomic mass is 31.2. The van der Waals surface area contributed by atoms with Crippen LogP contribution in [0.2, 0.25) is 0 Å². The first kappa shape index (κ1) is 40.1. The van der Waals surface area contributed by atoms with Crippen molar-refractivity contribution in [2.45, 2.75) is 96.7 Å². The molecule has 0 saturated carbocycles. The number of aliphatic hydroxyl groups excluding tert-OH is 2. The molecule has 1 aromatic rings. The Balaban J connectivity index is 1.60. The molecule has 2 rings (SSSR count). The van der Waals surface area contributed by atoms with Crippen molar-refractivity contribution in [3.8, 4) is 0 Å². The van der Waals surface area contributed by atoms with E-state index in [2.05, 4.69) is 88.1 Å². The van der Waals surface area contributed by atoms with Crippen molar-refractivity contribution in [1.29, 1.82) is 0 Å². The predicted octanol–water partition coefficient (Wildman–Crippen LogP) is 4.35. The summed E-state index contributed by atoms with van der Waals surface area (Å²) in [5.41, 5.74) is -0.701. The van der Waals surface area contributed by atoms with E-state index in [0.29, 0.717) is 12.8 Å². The summed E-state index contributed by atoms with van der Waals surface area (Å²) in [6.07, 6.45) is 24.0. The van der Waals surface area contributed by atoms with Crippen LogP contribution in [0, 0.1) is 6.92 Å². The van der Waals surface area contributed by atoms with Gasteiger partial charge in [0.05, 0.1) is 13.2 Å². The number of ether oxygens (including phenoxy) is 1. The van der Waals surface area contributed by atoms with Gasteiger partial charge in [-0.25, -0.2) is 19.4 Å². The molecule has 4 N–H and O–H groups in total. The van der Waals surface area contributed by atoms with Gasteiger partial charge in [0.2, 0.25) is 5.91 Å². The van der Waals surface area contributed by atoms with E-state index in [4.69, 9.17) is 13.8 Å². The average Bonchev–Trinajstić information content (AvgIpc) is 3.32. The third kappa shape index (κ3) is 16.1. The Morgan fingerprint density at radius 2 is 1.57 bits per heavy atom. The number of nitrogens with zero attached hydrogens (tertiary/aromatic N) is 3. The van der Waals surface area contributed by atoms with Gasteiger partial charge in [-0.2, -0.15) is 4.98 Å². The second-order valence-electron chi connectivity index (χ2n) is 10.7. The highest BCUT2D eigenvalue weighted by Gasteiger charge is 2.45. The number of carbonyl (C=O) groups is 1. The lowest BCUT2D eigenvalue weighted by atomic mass is 10.1. The Labute approximate surface area is 278 Å². The van der Waals surface area contributed by atoms with Gasteiger partial charge in [-0.3, -0.25) is 18.4 Å². The van der Waals surface area contributed by atoms with Crippen LogP contribution in [-0.4, -0.2) is 75.3 Å². The number of hydrogen-bond acceptors (Lipinski definition) is 10.